The van der Waals surface area contributed by atoms with Gasteiger partial charge in [0, 0.05) is 31.3 Å². The zero-order valence-electron chi connectivity index (χ0n) is 18.3. The van der Waals surface area contributed by atoms with Gasteiger partial charge in [-0.1, -0.05) is 42.5 Å². The molecule has 0 spiro atoms. The lowest BCUT2D eigenvalue weighted by Gasteiger charge is -2.31. The first-order valence-electron chi connectivity index (χ1n) is 11.2. The number of carbonyl (C=O) groups is 2. The van der Waals surface area contributed by atoms with Gasteiger partial charge in [-0.15, -0.1) is 0 Å². The van der Waals surface area contributed by atoms with Gasteiger partial charge in [0.25, 0.3) is 0 Å². The van der Waals surface area contributed by atoms with Crippen LogP contribution in [0.4, 0.5) is 0 Å². The molecule has 7 heteroatoms. The Kier molecular flexibility index (Phi) is 4.50. The molecule has 6 rings (SSSR count). The molecule has 0 bridgehead atoms. The average molecular weight is 438 g/mol. The number of Topliss-reactive ketones (excluding diaryl/α,β-unsaturated/α-hetero) is 1. The Hall–Kier alpha value is -4.00. The Labute approximate surface area is 191 Å². The molecular weight excluding hydrogens is 414 g/mol. The van der Waals surface area contributed by atoms with Gasteiger partial charge >= 0.3 is 0 Å². The molecule has 7 nitrogen and oxygen atoms in total. The van der Waals surface area contributed by atoms with E-state index in [0.29, 0.717) is 25.2 Å². The first-order chi connectivity index (χ1) is 16.1. The minimum absolute atomic E-state index is 0.0265. The van der Waals surface area contributed by atoms with Crippen molar-refractivity contribution in [1.82, 2.24) is 24.2 Å². The fourth-order valence-corrected chi connectivity index (χ4v) is 5.00. The zero-order chi connectivity index (χ0) is 22.5. The second kappa shape index (κ2) is 7.55. The van der Waals surface area contributed by atoms with Crippen molar-refractivity contribution in [3.05, 3.63) is 89.5 Å². The maximum atomic E-state index is 13.4. The third-order valence-corrected chi connectivity index (χ3v) is 6.70. The molecule has 1 aliphatic carbocycles. The summed E-state index contributed by atoms with van der Waals surface area (Å²) in [7, 11) is 0. The van der Waals surface area contributed by atoms with E-state index in [1.165, 1.54) is 0 Å². The van der Waals surface area contributed by atoms with Crippen molar-refractivity contribution >= 4 is 11.7 Å². The molecule has 1 unspecified atom stereocenters. The molecule has 0 saturated heterocycles. The molecule has 0 radical (unpaired) electrons. The summed E-state index contributed by atoms with van der Waals surface area (Å²) in [6.07, 6.45) is 4.08. The van der Waals surface area contributed by atoms with Crippen molar-refractivity contribution in [2.75, 3.05) is 6.54 Å². The van der Waals surface area contributed by atoms with E-state index in [2.05, 4.69) is 9.67 Å². The van der Waals surface area contributed by atoms with Crippen molar-refractivity contribution < 1.29 is 9.59 Å². The van der Waals surface area contributed by atoms with Crippen LogP contribution in [-0.2, 0) is 17.9 Å². The van der Waals surface area contributed by atoms with Crippen molar-refractivity contribution in [3.63, 3.8) is 0 Å². The summed E-state index contributed by atoms with van der Waals surface area (Å²) >= 11 is 0. The molecule has 164 valence electrons. The Morgan fingerprint density at radius 2 is 1.82 bits per heavy atom. The largest absolute Gasteiger partial charge is 0.334 e. The van der Waals surface area contributed by atoms with Crippen LogP contribution < -0.4 is 0 Å². The smallest absolute Gasteiger partial charge is 0.231 e. The van der Waals surface area contributed by atoms with Gasteiger partial charge in [-0.2, -0.15) is 5.10 Å². The van der Waals surface area contributed by atoms with Gasteiger partial charge in [0.1, 0.15) is 5.82 Å². The highest BCUT2D eigenvalue weighted by molar-refractivity contribution is 6.06. The van der Waals surface area contributed by atoms with Gasteiger partial charge in [0.2, 0.25) is 5.91 Å². The molecule has 4 aromatic rings. The summed E-state index contributed by atoms with van der Waals surface area (Å²) in [5, 5.41) is 4.51. The Morgan fingerprint density at radius 1 is 1.03 bits per heavy atom. The number of rotatable bonds is 3. The highest BCUT2D eigenvalue weighted by Crippen LogP contribution is 2.35. The van der Waals surface area contributed by atoms with Crippen LogP contribution in [0.3, 0.4) is 0 Å². The third-order valence-electron chi connectivity index (χ3n) is 6.70. The first kappa shape index (κ1) is 19.7. The van der Waals surface area contributed by atoms with Gasteiger partial charge in [-0.25, -0.2) is 9.67 Å². The van der Waals surface area contributed by atoms with Crippen LogP contribution in [0, 0.1) is 6.92 Å². The van der Waals surface area contributed by atoms with E-state index in [9.17, 15) is 9.59 Å². The molecule has 2 aliphatic rings. The molecule has 2 aromatic heterocycles. The molecule has 0 saturated carbocycles. The van der Waals surface area contributed by atoms with Crippen molar-refractivity contribution in [2.45, 2.75) is 32.4 Å². The number of aromatic nitrogens is 4. The predicted molar refractivity (Wildman–Crippen MR) is 123 cm³/mol. The quantitative estimate of drug-likeness (QED) is 0.489. The van der Waals surface area contributed by atoms with E-state index in [4.69, 9.17) is 4.98 Å². The van der Waals surface area contributed by atoms with Crippen molar-refractivity contribution in [3.8, 4) is 17.1 Å². The van der Waals surface area contributed by atoms with E-state index in [1.807, 2.05) is 83.5 Å². The van der Waals surface area contributed by atoms with Gasteiger partial charge in [0.05, 0.1) is 41.3 Å². The number of imidazole rings is 1. The molecule has 33 heavy (non-hydrogen) atoms. The van der Waals surface area contributed by atoms with E-state index < -0.39 is 0 Å². The normalized spacial score (nSPS) is 17.2. The monoisotopic (exact) mass is 437 g/mol. The number of ketones is 1. The van der Waals surface area contributed by atoms with Crippen molar-refractivity contribution in [1.29, 1.82) is 0 Å². The fraction of sp³-hybridized carbons (Fsp3) is 0.231. The fourth-order valence-electron chi connectivity index (χ4n) is 5.00. The lowest BCUT2D eigenvalue weighted by Crippen LogP contribution is -2.40. The summed E-state index contributed by atoms with van der Waals surface area (Å²) in [6.45, 7) is 3.74. The van der Waals surface area contributed by atoms with Crippen LogP contribution in [0.25, 0.3) is 17.1 Å². The summed E-state index contributed by atoms with van der Waals surface area (Å²) in [5.41, 5.74) is 5.44. The summed E-state index contributed by atoms with van der Waals surface area (Å²) in [5.74, 6) is 0.573. The van der Waals surface area contributed by atoms with Crippen LogP contribution in [-0.4, -0.2) is 42.5 Å². The van der Waals surface area contributed by atoms with Crippen LogP contribution in [0.1, 0.15) is 39.6 Å². The van der Waals surface area contributed by atoms with E-state index in [-0.39, 0.29) is 24.0 Å². The van der Waals surface area contributed by atoms with E-state index in [0.717, 1.165) is 34.0 Å². The topological polar surface area (TPSA) is 73.0 Å². The number of hydrogen-bond acceptors (Lipinski definition) is 4. The average Bonchev–Trinajstić information content (AvgIpc) is 3.56. The second-order valence-electron chi connectivity index (χ2n) is 8.66. The molecule has 0 N–H and O–H groups in total. The minimum atomic E-state index is -0.382. The highest BCUT2D eigenvalue weighted by Gasteiger charge is 2.37. The van der Waals surface area contributed by atoms with E-state index >= 15 is 0 Å². The van der Waals surface area contributed by atoms with Gasteiger partial charge in [-0.3, -0.25) is 9.59 Å². The molecule has 1 atom stereocenters. The number of benzene rings is 2. The number of para-hydroxylation sites is 1. The van der Waals surface area contributed by atoms with Crippen LogP contribution in [0.2, 0.25) is 0 Å². The standard InChI is InChI=1S/C26H23N5O2/c1-17-23-16-29(26(33)22-13-24(32)21-10-6-5-9-20(21)22)11-12-30(23)25(28-17)18-14-27-31(15-18)19-7-3-2-4-8-19/h2-10,14-15,22H,11-13,16H2,1H3. The molecule has 2 aromatic carbocycles. The number of carbonyl (C=O) groups excluding carboxylic acids is 2. The Morgan fingerprint density at radius 3 is 2.67 bits per heavy atom. The molecule has 1 amide bonds. The lowest BCUT2D eigenvalue weighted by molar-refractivity contribution is -0.134. The number of hydrogen-bond donors (Lipinski definition) is 0. The van der Waals surface area contributed by atoms with Gasteiger partial charge in [0.15, 0.2) is 5.78 Å². The van der Waals surface area contributed by atoms with E-state index in [1.54, 1.807) is 0 Å². The predicted octanol–water partition coefficient (Wildman–Crippen LogP) is 3.76. The SMILES string of the molecule is Cc1nc(-c2cnn(-c3ccccc3)c2)n2c1CN(C(=O)C1CC(=O)c3ccccc31)CC2. The van der Waals surface area contributed by atoms with Gasteiger partial charge < -0.3 is 9.47 Å². The molecular formula is C26H23N5O2. The van der Waals surface area contributed by atoms with Gasteiger partial charge in [-0.05, 0) is 24.6 Å². The zero-order valence-corrected chi connectivity index (χ0v) is 18.3. The number of amides is 1. The maximum Gasteiger partial charge on any atom is 0.231 e. The number of nitrogens with zero attached hydrogens (tertiary/aromatic N) is 5. The number of aryl methyl sites for hydroxylation is 1. The third kappa shape index (κ3) is 3.19. The molecule has 0 fully saturated rings. The first-order valence-corrected chi connectivity index (χ1v) is 11.2. The Balaban J connectivity index is 1.27. The molecule has 3 heterocycles. The summed E-state index contributed by atoms with van der Waals surface area (Å²) < 4.78 is 4.04. The highest BCUT2D eigenvalue weighted by atomic mass is 16.2. The number of fused-ring (bicyclic) bond motifs is 2. The Bertz CT molecular complexity index is 1380. The minimum Gasteiger partial charge on any atom is -0.334 e. The van der Waals surface area contributed by atoms with Crippen LogP contribution in [0.5, 0.6) is 0 Å². The lowest BCUT2D eigenvalue weighted by atomic mass is 9.99. The summed E-state index contributed by atoms with van der Waals surface area (Å²) in [6, 6.07) is 17.5. The van der Waals surface area contributed by atoms with Crippen molar-refractivity contribution in [2.24, 2.45) is 0 Å². The molecule has 1 aliphatic heterocycles. The van der Waals surface area contributed by atoms with Crippen LogP contribution in [0.15, 0.2) is 67.0 Å². The summed E-state index contributed by atoms with van der Waals surface area (Å²) in [4.78, 5) is 32.5. The second-order valence-corrected chi connectivity index (χ2v) is 8.66. The van der Waals surface area contributed by atoms with Crippen LogP contribution >= 0.6 is 0 Å². The maximum absolute atomic E-state index is 13.4.